The fourth-order valence-electron chi connectivity index (χ4n) is 2.62. The van der Waals surface area contributed by atoms with Crippen molar-refractivity contribution in [3.8, 4) is 5.75 Å². The Labute approximate surface area is 182 Å². The second kappa shape index (κ2) is 10.3. The van der Waals surface area contributed by atoms with Gasteiger partial charge in [0.25, 0.3) is 11.6 Å². The van der Waals surface area contributed by atoms with Crippen LogP contribution in [-0.2, 0) is 4.79 Å². The maximum absolute atomic E-state index is 12.4. The maximum atomic E-state index is 12.4. The van der Waals surface area contributed by atoms with Gasteiger partial charge in [0.1, 0.15) is 5.75 Å². The summed E-state index contributed by atoms with van der Waals surface area (Å²) in [4.78, 5) is 35.6. The molecule has 3 aromatic rings. The third kappa shape index (κ3) is 6.31. The quantitative estimate of drug-likeness (QED) is 0.303. The molecule has 3 aromatic carbocycles. The molecule has 158 valence electrons. The average molecular weight is 437 g/mol. The highest BCUT2D eigenvalue weighted by molar-refractivity contribution is 8.00. The van der Waals surface area contributed by atoms with Crippen molar-refractivity contribution in [3.05, 3.63) is 88.5 Å². The number of carbonyl (C=O) groups is 2. The number of benzene rings is 3. The first-order valence-corrected chi connectivity index (χ1v) is 10.2. The summed E-state index contributed by atoms with van der Waals surface area (Å²) in [5.74, 6) is 0.371. The van der Waals surface area contributed by atoms with Gasteiger partial charge in [-0.1, -0.05) is 6.07 Å². The van der Waals surface area contributed by atoms with E-state index in [-0.39, 0.29) is 23.3 Å². The van der Waals surface area contributed by atoms with E-state index in [1.54, 1.807) is 49.6 Å². The number of amides is 2. The zero-order valence-corrected chi connectivity index (χ0v) is 17.3. The molecule has 0 bridgehead atoms. The second-order valence-electron chi connectivity index (χ2n) is 6.35. The number of ether oxygens (including phenoxy) is 1. The highest BCUT2D eigenvalue weighted by Crippen LogP contribution is 2.23. The lowest BCUT2D eigenvalue weighted by Gasteiger charge is -2.08. The van der Waals surface area contributed by atoms with Crippen molar-refractivity contribution in [3.63, 3.8) is 0 Å². The lowest BCUT2D eigenvalue weighted by atomic mass is 10.2. The normalized spacial score (nSPS) is 10.2. The highest BCUT2D eigenvalue weighted by atomic mass is 32.2. The van der Waals surface area contributed by atoms with Gasteiger partial charge in [0, 0.05) is 34.0 Å². The van der Waals surface area contributed by atoms with E-state index in [1.165, 1.54) is 36.0 Å². The number of rotatable bonds is 8. The number of nitrogens with one attached hydrogen (secondary N) is 2. The van der Waals surface area contributed by atoms with Gasteiger partial charge in [-0.05, 0) is 54.6 Å². The summed E-state index contributed by atoms with van der Waals surface area (Å²) in [6.45, 7) is 0. The van der Waals surface area contributed by atoms with E-state index in [9.17, 15) is 19.7 Å². The minimum Gasteiger partial charge on any atom is -0.497 e. The lowest BCUT2D eigenvalue weighted by molar-refractivity contribution is -0.384. The van der Waals surface area contributed by atoms with Crippen LogP contribution in [0.2, 0.25) is 0 Å². The molecule has 2 amide bonds. The molecule has 0 unspecified atom stereocenters. The predicted octanol–water partition coefficient (Wildman–Crippen LogP) is 4.59. The molecule has 0 aliphatic heterocycles. The maximum Gasteiger partial charge on any atom is 0.269 e. The van der Waals surface area contributed by atoms with Crippen molar-refractivity contribution in [2.24, 2.45) is 0 Å². The first-order valence-electron chi connectivity index (χ1n) is 9.17. The summed E-state index contributed by atoms with van der Waals surface area (Å²) < 4.78 is 5.09. The van der Waals surface area contributed by atoms with Crippen LogP contribution in [0.4, 0.5) is 17.1 Å². The van der Waals surface area contributed by atoms with Crippen LogP contribution >= 0.6 is 11.8 Å². The Hall–Kier alpha value is -3.85. The molecule has 0 aliphatic carbocycles. The molecule has 0 spiro atoms. The van der Waals surface area contributed by atoms with Crippen molar-refractivity contribution >= 4 is 40.6 Å². The number of thioether (sulfide) groups is 1. The van der Waals surface area contributed by atoms with Crippen molar-refractivity contribution in [1.29, 1.82) is 0 Å². The molecule has 0 fully saturated rings. The molecule has 0 heterocycles. The Kier molecular flexibility index (Phi) is 7.23. The molecule has 0 aromatic heterocycles. The van der Waals surface area contributed by atoms with E-state index in [4.69, 9.17) is 4.74 Å². The Morgan fingerprint density at radius 1 is 0.968 bits per heavy atom. The third-order valence-corrected chi connectivity index (χ3v) is 5.17. The van der Waals surface area contributed by atoms with Crippen LogP contribution in [0.1, 0.15) is 10.4 Å². The summed E-state index contributed by atoms with van der Waals surface area (Å²) in [5, 5.41) is 16.3. The van der Waals surface area contributed by atoms with Gasteiger partial charge < -0.3 is 15.4 Å². The smallest absolute Gasteiger partial charge is 0.269 e. The molecule has 2 N–H and O–H groups in total. The number of anilines is 2. The molecular formula is C22H19N3O5S. The van der Waals surface area contributed by atoms with Crippen LogP contribution in [0.5, 0.6) is 5.75 Å². The van der Waals surface area contributed by atoms with E-state index in [0.29, 0.717) is 22.7 Å². The Morgan fingerprint density at radius 2 is 1.68 bits per heavy atom. The van der Waals surface area contributed by atoms with Gasteiger partial charge in [0.05, 0.1) is 17.8 Å². The first kappa shape index (κ1) is 21.8. The average Bonchev–Trinajstić information content (AvgIpc) is 2.78. The van der Waals surface area contributed by atoms with Crippen molar-refractivity contribution in [2.45, 2.75) is 4.90 Å². The molecule has 0 aliphatic rings. The second-order valence-corrected chi connectivity index (χ2v) is 7.40. The van der Waals surface area contributed by atoms with Gasteiger partial charge in [0.15, 0.2) is 0 Å². The van der Waals surface area contributed by atoms with E-state index < -0.39 is 4.92 Å². The molecule has 0 atom stereocenters. The topological polar surface area (TPSA) is 111 Å². The van der Waals surface area contributed by atoms with E-state index in [1.807, 2.05) is 6.07 Å². The molecule has 0 saturated heterocycles. The van der Waals surface area contributed by atoms with Gasteiger partial charge in [-0.25, -0.2) is 0 Å². The zero-order valence-electron chi connectivity index (χ0n) is 16.5. The van der Waals surface area contributed by atoms with Crippen LogP contribution in [0.15, 0.2) is 77.7 Å². The molecule has 0 saturated carbocycles. The zero-order chi connectivity index (χ0) is 22.2. The van der Waals surface area contributed by atoms with Crippen molar-refractivity contribution in [1.82, 2.24) is 0 Å². The Morgan fingerprint density at radius 3 is 2.32 bits per heavy atom. The van der Waals surface area contributed by atoms with E-state index in [0.717, 1.165) is 4.90 Å². The summed E-state index contributed by atoms with van der Waals surface area (Å²) in [5.41, 5.74) is 1.46. The number of hydrogen-bond acceptors (Lipinski definition) is 6. The summed E-state index contributed by atoms with van der Waals surface area (Å²) in [6, 6.07) is 19.5. The standard InChI is InChI=1S/C22H19N3O5S/c1-30-19-11-7-16(8-12-19)23-21(26)14-31-20-4-2-3-17(13-20)24-22(27)15-5-9-18(10-6-15)25(28)29/h2-13H,14H2,1H3,(H,23,26)(H,24,27). The third-order valence-electron chi connectivity index (χ3n) is 4.18. The minimum absolute atomic E-state index is 0.0807. The Bertz CT molecular complexity index is 1090. The fourth-order valence-corrected chi connectivity index (χ4v) is 3.38. The van der Waals surface area contributed by atoms with Crippen molar-refractivity contribution < 1.29 is 19.2 Å². The monoisotopic (exact) mass is 437 g/mol. The first-order chi connectivity index (χ1) is 14.9. The van der Waals surface area contributed by atoms with Crippen LogP contribution in [-0.4, -0.2) is 29.6 Å². The van der Waals surface area contributed by atoms with E-state index >= 15 is 0 Å². The molecule has 31 heavy (non-hydrogen) atoms. The summed E-state index contributed by atoms with van der Waals surface area (Å²) in [7, 11) is 1.58. The summed E-state index contributed by atoms with van der Waals surface area (Å²) in [6.07, 6.45) is 0. The van der Waals surface area contributed by atoms with Gasteiger partial charge >= 0.3 is 0 Å². The molecule has 0 radical (unpaired) electrons. The van der Waals surface area contributed by atoms with Crippen LogP contribution in [0.25, 0.3) is 0 Å². The largest absolute Gasteiger partial charge is 0.497 e. The fraction of sp³-hybridized carbons (Fsp3) is 0.0909. The van der Waals surface area contributed by atoms with E-state index in [2.05, 4.69) is 10.6 Å². The number of nitrogens with zero attached hydrogens (tertiary/aromatic N) is 1. The molecule has 9 heteroatoms. The van der Waals surface area contributed by atoms with Crippen LogP contribution in [0.3, 0.4) is 0 Å². The van der Waals surface area contributed by atoms with Crippen LogP contribution in [0, 0.1) is 10.1 Å². The molecular weight excluding hydrogens is 418 g/mol. The number of carbonyl (C=O) groups excluding carboxylic acids is 2. The molecule has 8 nitrogen and oxygen atoms in total. The highest BCUT2D eigenvalue weighted by Gasteiger charge is 2.10. The van der Waals surface area contributed by atoms with Crippen molar-refractivity contribution in [2.75, 3.05) is 23.5 Å². The van der Waals surface area contributed by atoms with Gasteiger partial charge in [-0.2, -0.15) is 0 Å². The van der Waals surface area contributed by atoms with Gasteiger partial charge in [-0.3, -0.25) is 19.7 Å². The SMILES string of the molecule is COc1ccc(NC(=O)CSc2cccc(NC(=O)c3ccc([N+](=O)[O-])cc3)c2)cc1. The Balaban J connectivity index is 1.55. The molecule has 3 rings (SSSR count). The van der Waals surface area contributed by atoms with Gasteiger partial charge in [0.2, 0.25) is 5.91 Å². The number of nitro groups is 1. The lowest BCUT2D eigenvalue weighted by Crippen LogP contribution is -2.14. The number of methoxy groups -OCH3 is 1. The number of hydrogen-bond donors (Lipinski definition) is 2. The number of nitro benzene ring substituents is 1. The predicted molar refractivity (Wildman–Crippen MR) is 120 cm³/mol. The minimum atomic E-state index is -0.521. The number of non-ortho nitro benzene ring substituents is 1. The summed E-state index contributed by atoms with van der Waals surface area (Å²) >= 11 is 1.33. The van der Waals surface area contributed by atoms with Crippen LogP contribution < -0.4 is 15.4 Å². The van der Waals surface area contributed by atoms with Gasteiger partial charge in [-0.15, -0.1) is 11.8 Å².